The molecular formula is C12H20N2O4S. The molecule has 19 heavy (non-hydrogen) atoms. The summed E-state index contributed by atoms with van der Waals surface area (Å²) in [6.07, 6.45) is 5.40. The van der Waals surface area contributed by atoms with E-state index in [1.165, 1.54) is 4.31 Å². The molecule has 1 fully saturated rings. The van der Waals surface area contributed by atoms with Crippen LogP contribution in [0.15, 0.2) is 12.2 Å². The van der Waals surface area contributed by atoms with Gasteiger partial charge in [0.1, 0.15) is 0 Å². The van der Waals surface area contributed by atoms with E-state index in [0.717, 1.165) is 12.8 Å². The monoisotopic (exact) mass is 288 g/mol. The fourth-order valence-electron chi connectivity index (χ4n) is 2.60. The predicted octanol–water partition coefficient (Wildman–Crippen LogP) is 0.582. The first-order chi connectivity index (χ1) is 8.88. The van der Waals surface area contributed by atoms with Gasteiger partial charge in [-0.05, 0) is 25.2 Å². The summed E-state index contributed by atoms with van der Waals surface area (Å²) in [6.45, 7) is 3.12. The first-order valence-corrected chi connectivity index (χ1v) is 8.01. The maximum atomic E-state index is 12.2. The molecule has 2 N–H and O–H groups in total. The lowest BCUT2D eigenvalue weighted by Gasteiger charge is -2.30. The van der Waals surface area contributed by atoms with Crippen molar-refractivity contribution < 1.29 is 18.3 Å². The predicted molar refractivity (Wildman–Crippen MR) is 70.7 cm³/mol. The van der Waals surface area contributed by atoms with E-state index in [4.69, 9.17) is 5.11 Å². The minimum atomic E-state index is -3.51. The molecule has 1 aliphatic carbocycles. The van der Waals surface area contributed by atoms with Crippen molar-refractivity contribution in [2.24, 2.45) is 11.8 Å². The van der Waals surface area contributed by atoms with Gasteiger partial charge < -0.3 is 5.11 Å². The molecule has 0 amide bonds. The van der Waals surface area contributed by atoms with Crippen molar-refractivity contribution in [1.29, 1.82) is 0 Å². The van der Waals surface area contributed by atoms with Crippen LogP contribution in [0.5, 0.6) is 0 Å². The van der Waals surface area contributed by atoms with E-state index in [0.29, 0.717) is 19.0 Å². The Morgan fingerprint density at radius 3 is 2.74 bits per heavy atom. The van der Waals surface area contributed by atoms with Crippen molar-refractivity contribution in [3.63, 3.8) is 0 Å². The normalized spacial score (nSPS) is 32.6. The van der Waals surface area contributed by atoms with Crippen LogP contribution in [-0.2, 0) is 15.0 Å². The van der Waals surface area contributed by atoms with Crippen molar-refractivity contribution in [2.75, 3.05) is 13.1 Å². The smallest absolute Gasteiger partial charge is 0.310 e. The Balaban J connectivity index is 1.95. The zero-order valence-corrected chi connectivity index (χ0v) is 11.8. The van der Waals surface area contributed by atoms with Gasteiger partial charge in [0.25, 0.3) is 10.2 Å². The number of aliphatic carboxylic acids is 1. The highest BCUT2D eigenvalue weighted by molar-refractivity contribution is 7.87. The second kappa shape index (κ2) is 5.60. The van der Waals surface area contributed by atoms with Crippen LogP contribution in [0.4, 0.5) is 0 Å². The number of carbonyl (C=O) groups is 1. The quantitative estimate of drug-likeness (QED) is 0.741. The number of nitrogens with zero attached hydrogens (tertiary/aromatic N) is 1. The van der Waals surface area contributed by atoms with Crippen LogP contribution in [-0.4, -0.2) is 42.9 Å². The van der Waals surface area contributed by atoms with Crippen molar-refractivity contribution >= 4 is 16.2 Å². The van der Waals surface area contributed by atoms with Crippen molar-refractivity contribution in [1.82, 2.24) is 9.03 Å². The van der Waals surface area contributed by atoms with Crippen LogP contribution in [0.3, 0.4) is 0 Å². The van der Waals surface area contributed by atoms with E-state index in [2.05, 4.69) is 4.72 Å². The molecule has 3 unspecified atom stereocenters. The lowest BCUT2D eigenvalue weighted by molar-refractivity contribution is -0.140. The highest BCUT2D eigenvalue weighted by Gasteiger charge is 2.32. The van der Waals surface area contributed by atoms with Gasteiger partial charge in [0, 0.05) is 19.1 Å². The summed E-state index contributed by atoms with van der Waals surface area (Å²) >= 11 is 0. The lowest BCUT2D eigenvalue weighted by atomic mass is 10.0. The van der Waals surface area contributed by atoms with Gasteiger partial charge in [-0.2, -0.15) is 17.4 Å². The molecule has 2 rings (SSSR count). The molecule has 3 atom stereocenters. The zero-order valence-electron chi connectivity index (χ0n) is 10.9. The topological polar surface area (TPSA) is 86.7 Å². The number of hydrogen-bond acceptors (Lipinski definition) is 3. The first kappa shape index (κ1) is 14.5. The van der Waals surface area contributed by atoms with E-state index in [-0.39, 0.29) is 6.42 Å². The molecule has 0 aromatic heterocycles. The minimum absolute atomic E-state index is 0.290. The summed E-state index contributed by atoms with van der Waals surface area (Å²) < 4.78 is 28.4. The molecule has 7 heteroatoms. The number of piperidine rings is 1. The summed E-state index contributed by atoms with van der Waals surface area (Å²) in [5, 5.41) is 8.87. The Morgan fingerprint density at radius 1 is 1.42 bits per heavy atom. The van der Waals surface area contributed by atoms with Crippen LogP contribution in [0.25, 0.3) is 0 Å². The van der Waals surface area contributed by atoms with Gasteiger partial charge in [0.2, 0.25) is 0 Å². The Bertz CT molecular complexity index is 474. The van der Waals surface area contributed by atoms with Crippen molar-refractivity contribution in [3.05, 3.63) is 12.2 Å². The average Bonchev–Trinajstić information content (AvgIpc) is 2.77. The number of nitrogens with one attached hydrogen (secondary N) is 1. The van der Waals surface area contributed by atoms with E-state index in [9.17, 15) is 13.2 Å². The van der Waals surface area contributed by atoms with E-state index >= 15 is 0 Å². The third kappa shape index (κ3) is 3.55. The zero-order chi connectivity index (χ0) is 14.0. The van der Waals surface area contributed by atoms with E-state index in [1.807, 2.05) is 6.92 Å². The van der Waals surface area contributed by atoms with Gasteiger partial charge in [0.15, 0.2) is 0 Å². The first-order valence-electron chi connectivity index (χ1n) is 6.57. The van der Waals surface area contributed by atoms with Crippen molar-refractivity contribution in [2.45, 2.75) is 32.2 Å². The van der Waals surface area contributed by atoms with Crippen LogP contribution in [0.1, 0.15) is 26.2 Å². The third-order valence-electron chi connectivity index (χ3n) is 3.66. The van der Waals surface area contributed by atoms with Gasteiger partial charge in [-0.1, -0.05) is 19.1 Å². The summed E-state index contributed by atoms with van der Waals surface area (Å²) in [6, 6.07) is -0.414. The molecule has 0 aromatic rings. The molecule has 0 spiro atoms. The standard InChI is InChI=1S/C12H20N2O4S/c1-9-3-2-6-14(8-9)19(17,18)13-11-5-4-10(7-11)12(15)16/h4-5,9-11,13H,2-3,6-8H2,1H3,(H,15,16). The average molecular weight is 288 g/mol. The SMILES string of the molecule is CC1CCCN(S(=O)(=O)NC2C=CC(C(=O)O)C2)C1. The van der Waals surface area contributed by atoms with Gasteiger partial charge >= 0.3 is 5.97 Å². The highest BCUT2D eigenvalue weighted by atomic mass is 32.2. The molecule has 0 radical (unpaired) electrons. The molecule has 1 saturated heterocycles. The van der Waals surface area contributed by atoms with E-state index < -0.39 is 28.1 Å². The number of rotatable bonds is 4. The van der Waals surface area contributed by atoms with E-state index in [1.54, 1.807) is 12.2 Å². The van der Waals surface area contributed by atoms with Gasteiger partial charge in [0.05, 0.1) is 5.92 Å². The van der Waals surface area contributed by atoms with Gasteiger partial charge in [-0.15, -0.1) is 0 Å². The van der Waals surface area contributed by atoms with Gasteiger partial charge in [-0.3, -0.25) is 4.79 Å². The summed E-state index contributed by atoms with van der Waals surface area (Å²) in [7, 11) is -3.51. The maximum Gasteiger partial charge on any atom is 0.310 e. The fraction of sp³-hybridized carbons (Fsp3) is 0.750. The second-order valence-corrected chi connectivity index (χ2v) is 7.10. The molecule has 0 saturated carbocycles. The fourth-order valence-corrected chi connectivity index (χ4v) is 4.13. The minimum Gasteiger partial charge on any atom is -0.481 e. The number of hydrogen-bond donors (Lipinski definition) is 2. The Hall–Kier alpha value is -0.920. The molecule has 1 aliphatic heterocycles. The van der Waals surface area contributed by atoms with Crippen LogP contribution in [0, 0.1) is 11.8 Å². The Morgan fingerprint density at radius 2 is 2.16 bits per heavy atom. The second-order valence-electron chi connectivity index (χ2n) is 5.40. The molecule has 0 aromatic carbocycles. The number of carboxylic acid groups (broad SMARTS) is 1. The van der Waals surface area contributed by atoms with Gasteiger partial charge in [-0.25, -0.2) is 0 Å². The molecular weight excluding hydrogens is 268 g/mol. The molecule has 108 valence electrons. The highest BCUT2D eigenvalue weighted by Crippen LogP contribution is 2.21. The molecule has 6 nitrogen and oxygen atoms in total. The lowest BCUT2D eigenvalue weighted by Crippen LogP contribution is -2.48. The van der Waals surface area contributed by atoms with Crippen LogP contribution in [0.2, 0.25) is 0 Å². The third-order valence-corrected chi connectivity index (χ3v) is 5.27. The van der Waals surface area contributed by atoms with Crippen LogP contribution >= 0.6 is 0 Å². The largest absolute Gasteiger partial charge is 0.481 e. The Kier molecular flexibility index (Phi) is 4.27. The molecule has 2 aliphatic rings. The number of carboxylic acids is 1. The summed E-state index contributed by atoms with van der Waals surface area (Å²) in [5.41, 5.74) is 0. The summed E-state index contributed by atoms with van der Waals surface area (Å²) in [5.74, 6) is -1.13. The summed E-state index contributed by atoms with van der Waals surface area (Å²) in [4.78, 5) is 10.8. The van der Waals surface area contributed by atoms with Crippen LogP contribution < -0.4 is 4.72 Å². The molecule has 0 bridgehead atoms. The maximum absolute atomic E-state index is 12.2. The molecule has 1 heterocycles. The van der Waals surface area contributed by atoms with Crippen molar-refractivity contribution in [3.8, 4) is 0 Å². The Labute approximate surface area is 113 Å².